The van der Waals surface area contributed by atoms with Gasteiger partial charge >= 0.3 is 0 Å². The van der Waals surface area contributed by atoms with E-state index in [0.29, 0.717) is 0 Å². The minimum absolute atomic E-state index is 0.971. The molecule has 9 heavy (non-hydrogen) atoms. The fourth-order valence-corrected chi connectivity index (χ4v) is 2.10. The maximum atomic E-state index is 11.2. The van der Waals surface area contributed by atoms with Gasteiger partial charge in [0.25, 0.3) is 0 Å². The number of rotatable bonds is 1. The van der Waals surface area contributed by atoms with E-state index in [1.54, 1.807) is 6.26 Å². The lowest BCUT2D eigenvalue weighted by Crippen LogP contribution is -2.25. The van der Waals surface area contributed by atoms with Crippen LogP contribution in [0.5, 0.6) is 0 Å². The maximum absolute atomic E-state index is 11.2. The second-order valence-electron chi connectivity index (χ2n) is 2.60. The molecule has 1 unspecified atom stereocenters. The Morgan fingerprint density at radius 3 is 2.11 bits per heavy atom. The van der Waals surface area contributed by atoms with Crippen LogP contribution in [0.25, 0.3) is 0 Å². The van der Waals surface area contributed by atoms with Crippen molar-refractivity contribution in [2.24, 2.45) is 0 Å². The minimum atomic E-state index is -1.87. The van der Waals surface area contributed by atoms with Gasteiger partial charge in [0, 0.05) is 29.1 Å². The third-order valence-electron chi connectivity index (χ3n) is 1.61. The Balaban J connectivity index is 2.63. The smallest absolute Gasteiger partial charge is 0.0245 e. The van der Waals surface area contributed by atoms with Gasteiger partial charge in [-0.25, -0.2) is 4.31 Å². The van der Waals surface area contributed by atoms with E-state index in [1.165, 1.54) is 12.8 Å². The zero-order valence-corrected chi connectivity index (χ0v) is 6.62. The molecule has 1 atom stereocenters. The fourth-order valence-electron chi connectivity index (χ4n) is 1.07. The highest BCUT2D eigenvalue weighted by molar-refractivity contribution is 7.97. The molecule has 1 aliphatic rings. The Morgan fingerprint density at radius 2 is 1.89 bits per heavy atom. The summed E-state index contributed by atoms with van der Waals surface area (Å²) in [5.41, 5.74) is 0. The Morgan fingerprint density at radius 1 is 1.44 bits per heavy atom. The van der Waals surface area contributed by atoms with E-state index in [0.717, 1.165) is 13.1 Å². The molecular weight excluding hydrogens is 134 g/mol. The van der Waals surface area contributed by atoms with Crippen molar-refractivity contribution in [2.75, 3.05) is 19.3 Å². The van der Waals surface area contributed by atoms with Crippen LogP contribution in [-0.2, 0) is 9.71 Å². The predicted octanol–water partition coefficient (Wildman–Crippen LogP) is 0.343. The molecule has 0 saturated carbocycles. The summed E-state index contributed by atoms with van der Waals surface area (Å²) in [6.45, 7) is 1.94. The van der Waals surface area contributed by atoms with Crippen LogP contribution in [0.3, 0.4) is 0 Å². The molecule has 3 heteroatoms. The third-order valence-corrected chi connectivity index (χ3v) is 3.07. The standard InChI is InChI=1S/C6H13NOS/c1-9(2,8)7-5-3-4-6-7/h1,3-6H2,2H3. The van der Waals surface area contributed by atoms with Gasteiger partial charge in [0.15, 0.2) is 0 Å². The molecule has 1 aliphatic heterocycles. The molecule has 0 aliphatic carbocycles. The molecule has 1 saturated heterocycles. The maximum Gasteiger partial charge on any atom is 0.0245 e. The van der Waals surface area contributed by atoms with E-state index < -0.39 is 9.71 Å². The average molecular weight is 147 g/mol. The molecule has 0 N–H and O–H groups in total. The Hall–Kier alpha value is -0.0200. The van der Waals surface area contributed by atoms with E-state index >= 15 is 0 Å². The SMILES string of the molecule is C=S(C)(=O)N1CCCC1. The quantitative estimate of drug-likeness (QED) is 0.490. The monoisotopic (exact) mass is 147 g/mol. The summed E-state index contributed by atoms with van der Waals surface area (Å²) in [6, 6.07) is 0. The summed E-state index contributed by atoms with van der Waals surface area (Å²) in [4.78, 5) is 0. The Labute approximate surface area is 57.0 Å². The summed E-state index contributed by atoms with van der Waals surface area (Å²) >= 11 is 0. The summed E-state index contributed by atoms with van der Waals surface area (Å²) in [6.07, 6.45) is 4.07. The van der Waals surface area contributed by atoms with E-state index in [2.05, 4.69) is 5.87 Å². The number of hydrogen-bond donors (Lipinski definition) is 0. The van der Waals surface area contributed by atoms with Gasteiger partial charge in [0.1, 0.15) is 0 Å². The van der Waals surface area contributed by atoms with E-state index in [1.807, 2.05) is 4.31 Å². The summed E-state index contributed by atoms with van der Waals surface area (Å²) in [5.74, 6) is 3.61. The first-order valence-corrected chi connectivity index (χ1v) is 5.27. The van der Waals surface area contributed by atoms with Gasteiger partial charge in [-0.15, -0.1) is 0 Å². The Kier molecular flexibility index (Phi) is 1.82. The van der Waals surface area contributed by atoms with Gasteiger partial charge in [-0.3, -0.25) is 4.21 Å². The molecule has 0 spiro atoms. The van der Waals surface area contributed by atoms with Crippen molar-refractivity contribution >= 4 is 15.6 Å². The van der Waals surface area contributed by atoms with Crippen molar-refractivity contribution < 1.29 is 4.21 Å². The first-order valence-electron chi connectivity index (χ1n) is 3.18. The highest BCUT2D eigenvalue weighted by Crippen LogP contribution is 2.10. The van der Waals surface area contributed by atoms with Crippen LogP contribution in [0.2, 0.25) is 0 Å². The first-order chi connectivity index (χ1) is 4.11. The summed E-state index contributed by atoms with van der Waals surface area (Å²) < 4.78 is 13.2. The zero-order valence-electron chi connectivity index (χ0n) is 5.80. The molecule has 1 rings (SSSR count). The van der Waals surface area contributed by atoms with Crippen molar-refractivity contribution in [2.45, 2.75) is 12.8 Å². The second kappa shape index (κ2) is 2.31. The molecule has 2 nitrogen and oxygen atoms in total. The van der Waals surface area contributed by atoms with E-state index in [4.69, 9.17) is 0 Å². The van der Waals surface area contributed by atoms with Gasteiger partial charge in [-0.05, 0) is 18.7 Å². The first kappa shape index (κ1) is 7.09. The van der Waals surface area contributed by atoms with Crippen molar-refractivity contribution in [3.8, 4) is 0 Å². The van der Waals surface area contributed by atoms with Crippen LogP contribution in [0.1, 0.15) is 12.8 Å². The molecule has 0 aromatic heterocycles. The van der Waals surface area contributed by atoms with Gasteiger partial charge in [-0.1, -0.05) is 0 Å². The van der Waals surface area contributed by atoms with Crippen LogP contribution in [-0.4, -0.2) is 33.7 Å². The van der Waals surface area contributed by atoms with Crippen molar-refractivity contribution in [1.29, 1.82) is 0 Å². The molecule has 0 bridgehead atoms. The number of hydrogen-bond acceptors (Lipinski definition) is 1. The molecule has 0 aromatic carbocycles. The molecule has 1 heterocycles. The van der Waals surface area contributed by atoms with E-state index in [9.17, 15) is 4.21 Å². The van der Waals surface area contributed by atoms with E-state index in [-0.39, 0.29) is 0 Å². The second-order valence-corrected chi connectivity index (χ2v) is 5.03. The highest BCUT2D eigenvalue weighted by atomic mass is 32.2. The van der Waals surface area contributed by atoms with Crippen LogP contribution >= 0.6 is 0 Å². The highest BCUT2D eigenvalue weighted by Gasteiger charge is 2.15. The lowest BCUT2D eigenvalue weighted by Gasteiger charge is -2.15. The lowest BCUT2D eigenvalue weighted by molar-refractivity contribution is 0.537. The van der Waals surface area contributed by atoms with Gasteiger partial charge in [0.05, 0.1) is 0 Å². The average Bonchev–Trinajstić information content (AvgIpc) is 2.08. The molecule has 1 fully saturated rings. The van der Waals surface area contributed by atoms with Crippen molar-refractivity contribution in [3.63, 3.8) is 0 Å². The Bertz CT molecular complexity index is 177. The van der Waals surface area contributed by atoms with Gasteiger partial charge < -0.3 is 0 Å². The van der Waals surface area contributed by atoms with Crippen LogP contribution < -0.4 is 0 Å². The minimum Gasteiger partial charge on any atom is -0.253 e. The zero-order chi connectivity index (χ0) is 6.91. The lowest BCUT2D eigenvalue weighted by atomic mass is 10.4. The summed E-state index contributed by atoms with van der Waals surface area (Å²) in [5, 5.41) is 0. The molecule has 0 amide bonds. The topological polar surface area (TPSA) is 20.3 Å². The molecule has 0 radical (unpaired) electrons. The van der Waals surface area contributed by atoms with Crippen LogP contribution in [0.15, 0.2) is 0 Å². The molecular formula is C6H13NOS. The molecule has 54 valence electrons. The van der Waals surface area contributed by atoms with Gasteiger partial charge in [-0.2, -0.15) is 0 Å². The third kappa shape index (κ3) is 1.69. The van der Waals surface area contributed by atoms with Crippen molar-refractivity contribution in [1.82, 2.24) is 4.31 Å². The van der Waals surface area contributed by atoms with Gasteiger partial charge in [0.2, 0.25) is 0 Å². The normalized spacial score (nSPS) is 28.1. The van der Waals surface area contributed by atoms with Crippen molar-refractivity contribution in [3.05, 3.63) is 0 Å². The summed E-state index contributed by atoms with van der Waals surface area (Å²) in [7, 11) is -1.87. The molecule has 0 aromatic rings. The fraction of sp³-hybridized carbons (Fsp3) is 0.833. The predicted molar refractivity (Wildman–Crippen MR) is 42.0 cm³/mol. The number of nitrogens with zero attached hydrogens (tertiary/aromatic N) is 1. The van der Waals surface area contributed by atoms with Crippen LogP contribution in [0, 0.1) is 0 Å². The largest absolute Gasteiger partial charge is 0.253 e. The van der Waals surface area contributed by atoms with Crippen LogP contribution in [0.4, 0.5) is 0 Å².